The quantitative estimate of drug-likeness (QED) is 0.364. The third kappa shape index (κ3) is 5.86. The molecule has 0 saturated carbocycles. The molecule has 6 nitrogen and oxygen atoms in total. The van der Waals surface area contributed by atoms with Crippen LogP contribution in [0, 0.1) is 0 Å². The van der Waals surface area contributed by atoms with Crippen LogP contribution in [0.4, 0.5) is 0 Å². The number of aliphatic hydroxyl groups excluding tert-OH is 3. The third-order valence-corrected chi connectivity index (χ3v) is 5.70. The van der Waals surface area contributed by atoms with Gasteiger partial charge in [0.05, 0.1) is 13.6 Å². The summed E-state index contributed by atoms with van der Waals surface area (Å²) in [6, 6.07) is 8.39. The first-order valence-corrected chi connectivity index (χ1v) is 13.0. The summed E-state index contributed by atoms with van der Waals surface area (Å²) < 4.78 is 11.3. The molecule has 1 fully saturated rings. The molecular weight excluding hydrogens is 376 g/mol. The van der Waals surface area contributed by atoms with Gasteiger partial charge in [-0.25, -0.2) is 4.79 Å². The minimum Gasteiger partial charge on any atom is -0.453 e. The summed E-state index contributed by atoms with van der Waals surface area (Å²) >= 11 is 0. The summed E-state index contributed by atoms with van der Waals surface area (Å²) in [6.45, 7) is 10.0. The second-order valence-electron chi connectivity index (χ2n) is 8.10. The monoisotopic (exact) mass is 406 g/mol. The van der Waals surface area contributed by atoms with Crippen LogP contribution in [0.3, 0.4) is 0 Å². The van der Waals surface area contributed by atoms with Crippen molar-refractivity contribution in [3.63, 3.8) is 0 Å². The van der Waals surface area contributed by atoms with E-state index in [-0.39, 0.29) is 6.42 Å². The van der Waals surface area contributed by atoms with E-state index in [0.717, 1.165) is 0 Å². The Bertz CT molecular complexity index is 684. The fourth-order valence-electron chi connectivity index (χ4n) is 3.01. The van der Waals surface area contributed by atoms with Gasteiger partial charge in [0, 0.05) is 0 Å². The van der Waals surface area contributed by atoms with Gasteiger partial charge in [0.1, 0.15) is 30.5 Å². The van der Waals surface area contributed by atoms with Gasteiger partial charge in [-0.3, -0.25) is 0 Å². The Kier molecular flexibility index (Phi) is 7.74. The van der Waals surface area contributed by atoms with E-state index in [0.29, 0.717) is 5.56 Å². The second kappa shape index (κ2) is 9.62. The molecule has 7 heteroatoms. The summed E-state index contributed by atoms with van der Waals surface area (Å²) in [7, 11) is -1.55. The fourth-order valence-corrected chi connectivity index (χ4v) is 3.79. The van der Waals surface area contributed by atoms with Crippen molar-refractivity contribution in [3.05, 3.63) is 60.3 Å². The van der Waals surface area contributed by atoms with E-state index in [9.17, 15) is 20.1 Å². The maximum atomic E-state index is 12.4. The first-order chi connectivity index (χ1) is 13.1. The summed E-state index contributed by atoms with van der Waals surface area (Å²) in [5.41, 5.74) is 2.28. The van der Waals surface area contributed by atoms with E-state index in [1.54, 1.807) is 42.5 Å². The average molecular weight is 407 g/mol. The van der Waals surface area contributed by atoms with Crippen molar-refractivity contribution in [1.82, 2.24) is 0 Å². The Labute approximate surface area is 167 Å². The van der Waals surface area contributed by atoms with E-state index in [4.69, 9.17) is 9.47 Å². The van der Waals surface area contributed by atoms with Crippen molar-refractivity contribution < 1.29 is 29.6 Å². The maximum absolute atomic E-state index is 12.4. The normalized spacial score (nSPS) is 29.4. The van der Waals surface area contributed by atoms with E-state index in [2.05, 4.69) is 26.2 Å². The molecule has 154 valence electrons. The van der Waals surface area contributed by atoms with Gasteiger partial charge in [-0.15, -0.1) is 6.58 Å². The molecule has 0 bridgehead atoms. The Morgan fingerprint density at radius 1 is 1.25 bits per heavy atom. The van der Waals surface area contributed by atoms with Crippen LogP contribution in [0.25, 0.3) is 0 Å². The molecule has 0 radical (unpaired) electrons. The van der Waals surface area contributed by atoms with Gasteiger partial charge in [0.25, 0.3) is 0 Å². The SMILES string of the molecule is C=CCC1OC([C@@H](O)/C=C/[Si](C)(C)C)C(O)C(O)C1OC(=O)c1ccccc1. The zero-order chi connectivity index (χ0) is 20.9. The van der Waals surface area contributed by atoms with E-state index < -0.39 is 50.7 Å². The Hall–Kier alpha value is -1.77. The molecule has 2 rings (SSSR count). The third-order valence-electron chi connectivity index (χ3n) is 4.50. The molecule has 0 aliphatic carbocycles. The van der Waals surface area contributed by atoms with Crippen LogP contribution in [-0.4, -0.2) is 66.0 Å². The van der Waals surface area contributed by atoms with Gasteiger partial charge < -0.3 is 24.8 Å². The average Bonchev–Trinajstić information content (AvgIpc) is 2.65. The number of hydrogen-bond acceptors (Lipinski definition) is 6. The number of aliphatic hydroxyl groups is 3. The van der Waals surface area contributed by atoms with Crippen LogP contribution in [0.2, 0.25) is 19.6 Å². The second-order valence-corrected chi connectivity index (χ2v) is 13.2. The topological polar surface area (TPSA) is 96.2 Å². The molecule has 6 atom stereocenters. The number of ether oxygens (including phenoxy) is 2. The largest absolute Gasteiger partial charge is 0.453 e. The van der Waals surface area contributed by atoms with Gasteiger partial charge >= 0.3 is 5.97 Å². The molecule has 3 N–H and O–H groups in total. The van der Waals surface area contributed by atoms with E-state index >= 15 is 0 Å². The lowest BCUT2D eigenvalue weighted by Gasteiger charge is -2.43. The van der Waals surface area contributed by atoms with Crippen LogP contribution in [0.5, 0.6) is 0 Å². The van der Waals surface area contributed by atoms with Crippen LogP contribution >= 0.6 is 0 Å². The van der Waals surface area contributed by atoms with Crippen molar-refractivity contribution in [2.24, 2.45) is 0 Å². The number of carbonyl (C=O) groups excluding carboxylic acids is 1. The van der Waals surface area contributed by atoms with Gasteiger partial charge in [-0.05, 0) is 18.6 Å². The standard InChI is InChI=1S/C21H30O6Si/c1-5-9-16-20(27-21(25)14-10-7-6-8-11-14)18(24)17(23)19(26-16)15(22)12-13-28(2,3)4/h5-8,10-13,15-20,22-24H,1,9H2,2-4H3/b13-12+/t15-,16?,17?,18?,19?,20?/m0/s1. The predicted octanol–water partition coefficient (Wildman–Crippen LogP) is 2.07. The number of esters is 1. The molecular formula is C21H30O6Si. The summed E-state index contributed by atoms with van der Waals surface area (Å²) in [5, 5.41) is 31.6. The van der Waals surface area contributed by atoms with Gasteiger partial charge in [-0.1, -0.05) is 55.7 Å². The molecule has 1 aromatic rings. The molecule has 0 spiro atoms. The number of carbonyl (C=O) groups is 1. The molecule has 0 amide bonds. The van der Waals surface area contributed by atoms with Gasteiger partial charge in [0.2, 0.25) is 0 Å². The highest BCUT2D eigenvalue weighted by Crippen LogP contribution is 2.29. The first kappa shape index (κ1) is 22.5. The highest BCUT2D eigenvalue weighted by atomic mass is 28.3. The Morgan fingerprint density at radius 3 is 2.46 bits per heavy atom. The smallest absolute Gasteiger partial charge is 0.338 e. The lowest BCUT2D eigenvalue weighted by Crippen LogP contribution is -2.61. The highest BCUT2D eigenvalue weighted by molar-refractivity contribution is 6.80. The maximum Gasteiger partial charge on any atom is 0.338 e. The zero-order valence-corrected chi connectivity index (χ0v) is 17.6. The molecule has 1 aromatic carbocycles. The highest BCUT2D eigenvalue weighted by Gasteiger charge is 2.48. The van der Waals surface area contributed by atoms with E-state index in [1.165, 1.54) is 0 Å². The molecule has 1 heterocycles. The molecule has 5 unspecified atom stereocenters. The molecule has 1 saturated heterocycles. The van der Waals surface area contributed by atoms with Gasteiger partial charge in [0.15, 0.2) is 6.10 Å². The van der Waals surface area contributed by atoms with Crippen LogP contribution in [0.15, 0.2) is 54.8 Å². The molecule has 1 aliphatic rings. The minimum atomic E-state index is -1.55. The van der Waals surface area contributed by atoms with Crippen molar-refractivity contribution in [2.45, 2.75) is 62.7 Å². The molecule has 0 aromatic heterocycles. The first-order valence-electron chi connectivity index (χ1n) is 9.40. The summed E-state index contributed by atoms with van der Waals surface area (Å²) in [5.74, 6) is -0.618. The number of benzene rings is 1. The van der Waals surface area contributed by atoms with Crippen molar-refractivity contribution in [1.29, 1.82) is 0 Å². The van der Waals surface area contributed by atoms with Crippen molar-refractivity contribution in [2.75, 3.05) is 0 Å². The van der Waals surface area contributed by atoms with E-state index in [1.807, 2.05) is 5.70 Å². The fraction of sp³-hybridized carbons (Fsp3) is 0.476. The lowest BCUT2D eigenvalue weighted by molar-refractivity contribution is -0.236. The van der Waals surface area contributed by atoms with Crippen LogP contribution < -0.4 is 0 Å². The summed E-state index contributed by atoms with van der Waals surface area (Å²) in [4.78, 5) is 12.4. The van der Waals surface area contributed by atoms with Crippen molar-refractivity contribution in [3.8, 4) is 0 Å². The minimum absolute atomic E-state index is 0.289. The molecule has 1 aliphatic heterocycles. The van der Waals surface area contributed by atoms with Crippen LogP contribution in [-0.2, 0) is 9.47 Å². The Morgan fingerprint density at radius 2 is 1.89 bits per heavy atom. The van der Waals surface area contributed by atoms with Gasteiger partial charge in [-0.2, -0.15) is 0 Å². The predicted molar refractivity (Wildman–Crippen MR) is 110 cm³/mol. The molecule has 28 heavy (non-hydrogen) atoms. The van der Waals surface area contributed by atoms with Crippen molar-refractivity contribution >= 4 is 14.0 Å². The lowest BCUT2D eigenvalue weighted by atomic mass is 9.90. The van der Waals surface area contributed by atoms with Crippen LogP contribution in [0.1, 0.15) is 16.8 Å². The summed E-state index contributed by atoms with van der Waals surface area (Å²) in [6.07, 6.45) is -3.25. The number of rotatable bonds is 7. The Balaban J connectivity index is 2.17. The zero-order valence-electron chi connectivity index (χ0n) is 16.6. The number of hydrogen-bond donors (Lipinski definition) is 3.